The van der Waals surface area contributed by atoms with Crippen molar-refractivity contribution in [2.24, 2.45) is 5.73 Å². The number of nitrogens with two attached hydrogens (primary N) is 1. The van der Waals surface area contributed by atoms with Crippen LogP contribution in [0.3, 0.4) is 0 Å². The van der Waals surface area contributed by atoms with Gasteiger partial charge in [-0.15, -0.1) is 11.3 Å². The molecule has 0 saturated heterocycles. The van der Waals surface area contributed by atoms with Gasteiger partial charge in [0.1, 0.15) is 0 Å². The molecule has 13 heavy (non-hydrogen) atoms. The van der Waals surface area contributed by atoms with E-state index >= 15 is 0 Å². The molecule has 0 aliphatic carbocycles. The number of hydrogen-bond donors (Lipinski definition) is 1. The van der Waals surface area contributed by atoms with E-state index in [1.165, 1.54) is 24.1 Å². The van der Waals surface area contributed by atoms with Gasteiger partial charge in [-0.1, -0.05) is 26.2 Å². The minimum atomic E-state index is 0.239. The van der Waals surface area contributed by atoms with E-state index in [1.54, 1.807) is 11.3 Å². The molecule has 0 aromatic carbocycles. The largest absolute Gasteiger partial charge is 0.323 e. The van der Waals surface area contributed by atoms with E-state index in [2.05, 4.69) is 34.3 Å². The monoisotopic (exact) mass is 261 g/mol. The Morgan fingerprint density at radius 1 is 1.54 bits per heavy atom. The predicted octanol–water partition coefficient (Wildman–Crippen LogP) is 4.09. The quantitative estimate of drug-likeness (QED) is 0.794. The van der Waals surface area contributed by atoms with Gasteiger partial charge < -0.3 is 5.73 Å². The number of hydrogen-bond acceptors (Lipinski definition) is 2. The Labute approximate surface area is 92.5 Å². The van der Waals surface area contributed by atoms with E-state index in [0.29, 0.717) is 0 Å². The number of halogens is 1. The fraction of sp³-hybridized carbons (Fsp3) is 0.600. The lowest BCUT2D eigenvalue weighted by atomic mass is 10.1. The number of rotatable bonds is 5. The molecular formula is C10H16BrNS. The molecule has 0 fully saturated rings. The van der Waals surface area contributed by atoms with Gasteiger partial charge in [-0.3, -0.25) is 0 Å². The summed E-state index contributed by atoms with van der Waals surface area (Å²) in [5.74, 6) is 0. The predicted molar refractivity (Wildman–Crippen MR) is 63.1 cm³/mol. The van der Waals surface area contributed by atoms with Gasteiger partial charge in [0, 0.05) is 20.8 Å². The lowest BCUT2D eigenvalue weighted by Gasteiger charge is -2.07. The second-order valence-corrected chi connectivity index (χ2v) is 5.13. The van der Waals surface area contributed by atoms with Crippen LogP contribution >= 0.6 is 27.3 Å². The maximum absolute atomic E-state index is 6.04. The van der Waals surface area contributed by atoms with Gasteiger partial charge in [0.15, 0.2) is 0 Å². The highest BCUT2D eigenvalue weighted by molar-refractivity contribution is 9.10. The first-order chi connectivity index (χ1) is 6.24. The lowest BCUT2D eigenvalue weighted by Crippen LogP contribution is -2.07. The zero-order chi connectivity index (χ0) is 9.68. The van der Waals surface area contributed by atoms with Crippen LogP contribution in [0, 0.1) is 0 Å². The average Bonchev–Trinajstić information content (AvgIpc) is 2.52. The summed E-state index contributed by atoms with van der Waals surface area (Å²) in [6.45, 7) is 2.22. The molecule has 1 heterocycles. The van der Waals surface area contributed by atoms with E-state index in [9.17, 15) is 0 Å². The lowest BCUT2D eigenvalue weighted by molar-refractivity contribution is 0.587. The SMILES string of the molecule is CCCCC[C@@H](N)c1cc(Br)cs1. The van der Waals surface area contributed by atoms with E-state index in [-0.39, 0.29) is 6.04 Å². The summed E-state index contributed by atoms with van der Waals surface area (Å²) < 4.78 is 1.15. The first kappa shape index (κ1) is 11.2. The molecule has 2 N–H and O–H groups in total. The molecule has 0 bridgehead atoms. The van der Waals surface area contributed by atoms with Gasteiger partial charge in [-0.05, 0) is 28.4 Å². The molecule has 0 spiro atoms. The van der Waals surface area contributed by atoms with Crippen LogP contribution in [0.1, 0.15) is 43.5 Å². The Morgan fingerprint density at radius 3 is 2.85 bits per heavy atom. The Bertz CT molecular complexity index is 247. The van der Waals surface area contributed by atoms with Gasteiger partial charge in [0.05, 0.1) is 0 Å². The van der Waals surface area contributed by atoms with Crippen molar-refractivity contribution in [2.75, 3.05) is 0 Å². The minimum Gasteiger partial charge on any atom is -0.323 e. The Morgan fingerprint density at radius 2 is 2.31 bits per heavy atom. The fourth-order valence-electron chi connectivity index (χ4n) is 1.28. The highest BCUT2D eigenvalue weighted by Crippen LogP contribution is 2.26. The van der Waals surface area contributed by atoms with E-state index in [4.69, 9.17) is 5.73 Å². The van der Waals surface area contributed by atoms with Crippen molar-refractivity contribution < 1.29 is 0 Å². The van der Waals surface area contributed by atoms with Gasteiger partial charge in [0.25, 0.3) is 0 Å². The maximum Gasteiger partial charge on any atom is 0.0390 e. The van der Waals surface area contributed by atoms with Crippen molar-refractivity contribution in [1.82, 2.24) is 0 Å². The molecule has 3 heteroatoms. The molecule has 0 amide bonds. The van der Waals surface area contributed by atoms with Crippen LogP contribution in [-0.4, -0.2) is 0 Å². The first-order valence-corrected chi connectivity index (χ1v) is 6.40. The summed E-state index contributed by atoms with van der Waals surface area (Å²) in [4.78, 5) is 1.29. The molecule has 1 atom stereocenters. The molecule has 0 unspecified atom stereocenters. The molecule has 1 aromatic rings. The third-order valence-corrected chi connectivity index (χ3v) is 3.90. The summed E-state index contributed by atoms with van der Waals surface area (Å²) in [5, 5.41) is 2.09. The first-order valence-electron chi connectivity index (χ1n) is 4.73. The standard InChI is InChI=1S/C10H16BrNS/c1-2-3-4-5-9(12)10-6-8(11)7-13-10/h6-7,9H,2-5,12H2,1H3/t9-/m1/s1. The number of unbranched alkanes of at least 4 members (excludes halogenated alkanes) is 2. The summed E-state index contributed by atoms with van der Waals surface area (Å²) in [7, 11) is 0. The molecule has 1 aromatic heterocycles. The van der Waals surface area contributed by atoms with Crippen LogP contribution in [-0.2, 0) is 0 Å². The Hall–Kier alpha value is 0.140. The van der Waals surface area contributed by atoms with E-state index < -0.39 is 0 Å². The van der Waals surface area contributed by atoms with Crippen LogP contribution in [0.2, 0.25) is 0 Å². The van der Waals surface area contributed by atoms with Crippen molar-refractivity contribution in [3.05, 3.63) is 20.8 Å². The molecule has 1 rings (SSSR count). The zero-order valence-electron chi connectivity index (χ0n) is 7.92. The summed E-state index contributed by atoms with van der Waals surface area (Å²) in [5.41, 5.74) is 6.04. The molecule has 0 radical (unpaired) electrons. The van der Waals surface area contributed by atoms with Gasteiger partial charge in [-0.2, -0.15) is 0 Å². The third-order valence-electron chi connectivity index (χ3n) is 2.07. The van der Waals surface area contributed by atoms with E-state index in [0.717, 1.165) is 10.9 Å². The molecule has 0 aliphatic heterocycles. The van der Waals surface area contributed by atoms with Crippen LogP contribution in [0.25, 0.3) is 0 Å². The molecule has 1 nitrogen and oxygen atoms in total. The van der Waals surface area contributed by atoms with Crippen LogP contribution in [0.15, 0.2) is 15.9 Å². The Kier molecular flexibility index (Phi) is 4.99. The van der Waals surface area contributed by atoms with Gasteiger partial charge >= 0.3 is 0 Å². The van der Waals surface area contributed by atoms with Crippen molar-refractivity contribution >= 4 is 27.3 Å². The van der Waals surface area contributed by atoms with Crippen LogP contribution < -0.4 is 5.73 Å². The van der Waals surface area contributed by atoms with Crippen LogP contribution in [0.4, 0.5) is 0 Å². The summed E-state index contributed by atoms with van der Waals surface area (Å²) in [6.07, 6.45) is 4.91. The van der Waals surface area contributed by atoms with Gasteiger partial charge in [-0.25, -0.2) is 0 Å². The highest BCUT2D eigenvalue weighted by atomic mass is 79.9. The molecule has 74 valence electrons. The van der Waals surface area contributed by atoms with Crippen molar-refractivity contribution in [3.8, 4) is 0 Å². The van der Waals surface area contributed by atoms with Crippen LogP contribution in [0.5, 0.6) is 0 Å². The average molecular weight is 262 g/mol. The van der Waals surface area contributed by atoms with E-state index in [1.807, 2.05) is 0 Å². The molecular weight excluding hydrogens is 246 g/mol. The van der Waals surface area contributed by atoms with Gasteiger partial charge in [0.2, 0.25) is 0 Å². The fourth-order valence-corrected chi connectivity index (χ4v) is 2.76. The molecule has 0 aliphatic rings. The number of thiophene rings is 1. The Balaban J connectivity index is 2.35. The minimum absolute atomic E-state index is 0.239. The van der Waals surface area contributed by atoms with Crippen molar-refractivity contribution in [1.29, 1.82) is 0 Å². The maximum atomic E-state index is 6.04. The van der Waals surface area contributed by atoms with Crippen molar-refractivity contribution in [3.63, 3.8) is 0 Å². The highest BCUT2D eigenvalue weighted by Gasteiger charge is 2.07. The topological polar surface area (TPSA) is 26.0 Å². The normalized spacial score (nSPS) is 13.2. The third kappa shape index (κ3) is 3.79. The summed E-state index contributed by atoms with van der Waals surface area (Å²) in [6, 6.07) is 2.37. The second-order valence-electron chi connectivity index (χ2n) is 3.27. The summed E-state index contributed by atoms with van der Waals surface area (Å²) >= 11 is 5.18. The molecule has 0 saturated carbocycles. The smallest absolute Gasteiger partial charge is 0.0390 e. The second kappa shape index (κ2) is 5.78. The zero-order valence-corrected chi connectivity index (χ0v) is 10.3. The van der Waals surface area contributed by atoms with Crippen molar-refractivity contribution in [2.45, 2.75) is 38.6 Å².